The van der Waals surface area contributed by atoms with Crippen LogP contribution in [0.2, 0.25) is 0 Å². The maximum absolute atomic E-state index is 13.0. The summed E-state index contributed by atoms with van der Waals surface area (Å²) in [5, 5.41) is 15.5. The van der Waals surface area contributed by atoms with Crippen LogP contribution in [0.4, 0.5) is 0 Å². The molecular weight excluding hydrogens is 340 g/mol. The molecule has 6 heteroatoms. The summed E-state index contributed by atoms with van der Waals surface area (Å²) in [6.07, 6.45) is 2.34. The van der Waals surface area contributed by atoms with Gasteiger partial charge in [0, 0.05) is 24.0 Å². The Balaban J connectivity index is 1.82. The standard InChI is InChI=1S/C21H26N4O2/c1-21(2)9-8-15(19(26)23-11-10-22)16(13-21)24-20(27)18-12-14-6-4-5-7-17(14)25(18)3/h4-7,12,15-16H,8-9,11,13H2,1-3H3,(H,23,26)(H,24,27). The van der Waals surface area contributed by atoms with Crippen LogP contribution in [0, 0.1) is 22.7 Å². The van der Waals surface area contributed by atoms with Crippen LogP contribution in [0.25, 0.3) is 10.9 Å². The monoisotopic (exact) mass is 366 g/mol. The Hall–Kier alpha value is -2.81. The molecule has 3 rings (SSSR count). The van der Waals surface area contributed by atoms with Gasteiger partial charge in [0.05, 0.1) is 12.0 Å². The molecule has 1 aromatic heterocycles. The second-order valence-corrected chi connectivity index (χ2v) is 8.12. The molecule has 1 aliphatic rings. The van der Waals surface area contributed by atoms with Crippen molar-refractivity contribution in [1.82, 2.24) is 15.2 Å². The van der Waals surface area contributed by atoms with E-state index in [9.17, 15) is 9.59 Å². The first kappa shape index (κ1) is 19.0. The molecule has 0 radical (unpaired) electrons. The molecule has 0 bridgehead atoms. The number of amides is 2. The van der Waals surface area contributed by atoms with Gasteiger partial charge in [-0.1, -0.05) is 32.0 Å². The molecular formula is C21H26N4O2. The highest BCUT2D eigenvalue weighted by Crippen LogP contribution is 2.38. The zero-order valence-corrected chi connectivity index (χ0v) is 16.1. The minimum Gasteiger partial charge on any atom is -0.347 e. The Kier molecular flexibility index (Phi) is 5.22. The third kappa shape index (κ3) is 3.97. The first-order valence-electron chi connectivity index (χ1n) is 9.32. The van der Waals surface area contributed by atoms with Crippen LogP contribution >= 0.6 is 0 Å². The first-order chi connectivity index (χ1) is 12.8. The van der Waals surface area contributed by atoms with Crippen molar-refractivity contribution >= 4 is 22.7 Å². The second-order valence-electron chi connectivity index (χ2n) is 8.12. The number of nitriles is 1. The minimum absolute atomic E-state index is 0.0113. The smallest absolute Gasteiger partial charge is 0.268 e. The van der Waals surface area contributed by atoms with E-state index in [2.05, 4.69) is 24.5 Å². The first-order valence-corrected chi connectivity index (χ1v) is 9.32. The summed E-state index contributed by atoms with van der Waals surface area (Å²) in [6.45, 7) is 4.31. The average molecular weight is 366 g/mol. The highest BCUT2D eigenvalue weighted by Gasteiger charge is 2.39. The summed E-state index contributed by atoms with van der Waals surface area (Å²) in [6, 6.07) is 11.4. The van der Waals surface area contributed by atoms with Crippen molar-refractivity contribution in [3.8, 4) is 6.07 Å². The summed E-state index contributed by atoms with van der Waals surface area (Å²) >= 11 is 0. The summed E-state index contributed by atoms with van der Waals surface area (Å²) in [7, 11) is 1.87. The van der Waals surface area contributed by atoms with Gasteiger partial charge in [0.15, 0.2) is 0 Å². The molecule has 0 spiro atoms. The van der Waals surface area contributed by atoms with E-state index in [1.807, 2.05) is 48.0 Å². The third-order valence-corrected chi connectivity index (χ3v) is 5.57. The average Bonchev–Trinajstić information content (AvgIpc) is 2.96. The molecule has 2 amide bonds. The van der Waals surface area contributed by atoms with Crippen molar-refractivity contribution in [2.24, 2.45) is 18.4 Å². The highest BCUT2D eigenvalue weighted by atomic mass is 16.2. The number of nitrogens with one attached hydrogen (secondary N) is 2. The van der Waals surface area contributed by atoms with Gasteiger partial charge in [-0.25, -0.2) is 0 Å². The Morgan fingerprint density at radius 3 is 2.78 bits per heavy atom. The van der Waals surface area contributed by atoms with Crippen molar-refractivity contribution in [3.63, 3.8) is 0 Å². The predicted octanol–water partition coefficient (Wildman–Crippen LogP) is 2.74. The van der Waals surface area contributed by atoms with Gasteiger partial charge in [0.2, 0.25) is 5.91 Å². The van der Waals surface area contributed by atoms with Crippen LogP contribution in [-0.2, 0) is 11.8 Å². The lowest BCUT2D eigenvalue weighted by molar-refractivity contribution is -0.127. The second kappa shape index (κ2) is 7.43. The molecule has 2 atom stereocenters. The number of hydrogen-bond donors (Lipinski definition) is 2. The Labute approximate surface area is 159 Å². The molecule has 1 fully saturated rings. The molecule has 27 heavy (non-hydrogen) atoms. The van der Waals surface area contributed by atoms with E-state index in [-0.39, 0.29) is 35.7 Å². The Morgan fingerprint density at radius 2 is 2.07 bits per heavy atom. The van der Waals surface area contributed by atoms with Crippen LogP contribution in [0.15, 0.2) is 30.3 Å². The fourth-order valence-electron chi connectivity index (χ4n) is 4.06. The fourth-order valence-corrected chi connectivity index (χ4v) is 4.06. The lowest BCUT2D eigenvalue weighted by atomic mass is 9.70. The number of carbonyl (C=O) groups is 2. The van der Waals surface area contributed by atoms with Crippen LogP contribution in [0.3, 0.4) is 0 Å². The number of fused-ring (bicyclic) bond motifs is 1. The molecule has 6 nitrogen and oxygen atoms in total. The lowest BCUT2D eigenvalue weighted by Gasteiger charge is -2.40. The maximum atomic E-state index is 13.0. The number of nitrogens with zero attached hydrogens (tertiary/aromatic N) is 2. The normalized spacial score (nSPS) is 21.4. The van der Waals surface area contributed by atoms with E-state index < -0.39 is 0 Å². The number of para-hydroxylation sites is 1. The van der Waals surface area contributed by atoms with E-state index in [1.165, 1.54) is 0 Å². The fraction of sp³-hybridized carbons (Fsp3) is 0.476. The SMILES string of the molecule is Cn1c(C(=O)NC2CC(C)(C)CCC2C(=O)NCC#N)cc2ccccc21. The summed E-state index contributed by atoms with van der Waals surface area (Å²) < 4.78 is 1.88. The van der Waals surface area contributed by atoms with Gasteiger partial charge in [0.1, 0.15) is 12.2 Å². The van der Waals surface area contributed by atoms with Crippen molar-refractivity contribution in [3.05, 3.63) is 36.0 Å². The van der Waals surface area contributed by atoms with Crippen molar-refractivity contribution in [1.29, 1.82) is 5.26 Å². The lowest BCUT2D eigenvalue weighted by Crippen LogP contribution is -2.51. The predicted molar refractivity (Wildman–Crippen MR) is 104 cm³/mol. The number of carbonyl (C=O) groups excluding carboxylic acids is 2. The van der Waals surface area contributed by atoms with Crippen molar-refractivity contribution in [2.75, 3.05) is 6.54 Å². The van der Waals surface area contributed by atoms with Gasteiger partial charge < -0.3 is 15.2 Å². The van der Waals surface area contributed by atoms with Crippen molar-refractivity contribution in [2.45, 2.75) is 39.2 Å². The van der Waals surface area contributed by atoms with Gasteiger partial charge in [-0.15, -0.1) is 0 Å². The van der Waals surface area contributed by atoms with Gasteiger partial charge in [-0.3, -0.25) is 9.59 Å². The number of rotatable bonds is 4. The van der Waals surface area contributed by atoms with E-state index in [0.717, 1.165) is 23.7 Å². The largest absolute Gasteiger partial charge is 0.347 e. The third-order valence-electron chi connectivity index (χ3n) is 5.57. The van der Waals surface area contributed by atoms with Crippen molar-refractivity contribution < 1.29 is 9.59 Å². The maximum Gasteiger partial charge on any atom is 0.268 e. The quantitative estimate of drug-likeness (QED) is 0.816. The van der Waals surface area contributed by atoms with Crippen LogP contribution in [0.5, 0.6) is 0 Å². The molecule has 1 aliphatic carbocycles. The summed E-state index contributed by atoms with van der Waals surface area (Å²) in [5.74, 6) is -0.645. The Morgan fingerprint density at radius 1 is 1.33 bits per heavy atom. The van der Waals surface area contributed by atoms with Gasteiger partial charge in [0.25, 0.3) is 5.91 Å². The van der Waals surface area contributed by atoms with E-state index in [4.69, 9.17) is 5.26 Å². The molecule has 142 valence electrons. The molecule has 1 aromatic carbocycles. The summed E-state index contributed by atoms with van der Waals surface area (Å²) in [5.41, 5.74) is 1.63. The minimum atomic E-state index is -0.315. The van der Waals surface area contributed by atoms with Gasteiger partial charge in [-0.05, 0) is 36.8 Å². The molecule has 0 saturated heterocycles. The highest BCUT2D eigenvalue weighted by molar-refractivity contribution is 5.99. The van der Waals surface area contributed by atoms with Gasteiger partial charge >= 0.3 is 0 Å². The molecule has 2 aromatic rings. The van der Waals surface area contributed by atoms with Gasteiger partial charge in [-0.2, -0.15) is 5.26 Å². The number of aryl methyl sites for hydroxylation is 1. The summed E-state index contributed by atoms with van der Waals surface area (Å²) in [4.78, 5) is 25.5. The van der Waals surface area contributed by atoms with Crippen LogP contribution in [-0.4, -0.2) is 29.0 Å². The van der Waals surface area contributed by atoms with E-state index >= 15 is 0 Å². The van der Waals surface area contributed by atoms with E-state index in [0.29, 0.717) is 12.1 Å². The number of aromatic nitrogens is 1. The van der Waals surface area contributed by atoms with E-state index in [1.54, 1.807) is 0 Å². The molecule has 1 heterocycles. The topological polar surface area (TPSA) is 86.9 Å². The molecule has 2 unspecified atom stereocenters. The Bertz CT molecular complexity index is 907. The number of hydrogen-bond acceptors (Lipinski definition) is 3. The van der Waals surface area contributed by atoms with Crippen LogP contribution in [0.1, 0.15) is 43.6 Å². The molecule has 1 saturated carbocycles. The molecule has 0 aliphatic heterocycles. The zero-order valence-electron chi connectivity index (χ0n) is 16.1. The molecule has 2 N–H and O–H groups in total. The van der Waals surface area contributed by atoms with Crippen LogP contribution < -0.4 is 10.6 Å². The number of benzene rings is 1. The zero-order chi connectivity index (χ0) is 19.6.